The summed E-state index contributed by atoms with van der Waals surface area (Å²) in [5.74, 6) is -0.596. The summed E-state index contributed by atoms with van der Waals surface area (Å²) in [6.07, 6.45) is 11.3. The minimum Gasteiger partial charge on any atom is -0.371 e. The van der Waals surface area contributed by atoms with Crippen LogP contribution in [0.3, 0.4) is 0 Å². The van der Waals surface area contributed by atoms with Gasteiger partial charge < -0.3 is 37.1 Å². The third kappa shape index (κ3) is 9.30. The van der Waals surface area contributed by atoms with Crippen molar-refractivity contribution < 1.29 is 9.53 Å². The van der Waals surface area contributed by atoms with Gasteiger partial charge in [-0.3, -0.25) is 4.79 Å². The van der Waals surface area contributed by atoms with Crippen molar-refractivity contribution in [3.63, 3.8) is 0 Å². The number of piperidine rings is 2. The molecule has 3 fully saturated rings. The molecule has 6 atom stereocenters. The largest absolute Gasteiger partial charge is 0.371 e. The Morgan fingerprint density at radius 1 is 1.16 bits per heavy atom. The number of hydrogen-bond donors (Lipinski definition) is 5. The lowest BCUT2D eigenvalue weighted by molar-refractivity contribution is -0.130. The third-order valence-electron chi connectivity index (χ3n) is 8.89. The summed E-state index contributed by atoms with van der Waals surface area (Å²) in [6, 6.07) is -0.205. The normalized spacial score (nSPS) is 32.8. The average molecular weight is 543 g/mol. The average Bonchev–Trinajstić information content (AvgIpc) is 2.90. The lowest BCUT2D eigenvalue weighted by Gasteiger charge is -2.41. The van der Waals surface area contributed by atoms with E-state index in [1.54, 1.807) is 0 Å². The van der Waals surface area contributed by atoms with Crippen LogP contribution in [-0.4, -0.2) is 86.4 Å². The molecule has 0 aromatic carbocycles. The van der Waals surface area contributed by atoms with Crippen molar-refractivity contribution in [3.05, 3.63) is 0 Å². The number of alkyl halides is 1. The van der Waals surface area contributed by atoms with Crippen molar-refractivity contribution in [1.29, 1.82) is 0 Å². The fourth-order valence-corrected chi connectivity index (χ4v) is 7.38. The van der Waals surface area contributed by atoms with Gasteiger partial charge in [-0.05, 0) is 76.9 Å². The highest BCUT2D eigenvalue weighted by Crippen LogP contribution is 2.42. The zero-order valence-corrected chi connectivity index (χ0v) is 24.4. The van der Waals surface area contributed by atoms with E-state index in [-0.39, 0.29) is 41.0 Å². The number of nitrogens with one attached hydrogen (secondary N) is 3. The van der Waals surface area contributed by atoms with E-state index >= 15 is 0 Å². The maximum absolute atomic E-state index is 13.9. The molecule has 0 bridgehead atoms. The summed E-state index contributed by atoms with van der Waals surface area (Å²) in [7, 11) is 2.15. The maximum Gasteiger partial charge on any atom is 0.227 e. The molecule has 3 aliphatic heterocycles. The first-order valence-corrected chi connectivity index (χ1v) is 15.4. The fourth-order valence-electron chi connectivity index (χ4n) is 7.14. The molecule has 1 amide bonds. The molecule has 3 saturated heterocycles. The number of amides is 1. The first-order chi connectivity index (χ1) is 17.8. The van der Waals surface area contributed by atoms with Crippen LogP contribution in [0.25, 0.3) is 0 Å². The van der Waals surface area contributed by atoms with Crippen LogP contribution in [0.15, 0.2) is 0 Å². The second-order valence-electron chi connectivity index (χ2n) is 12.1. The SMILES string of the molecule is CCCC1(CCC)CCCC(Cl)CNC(C(C(=O)NC2CNCCC2OC2CCCN(C)C2)C(N)N)C1. The lowest BCUT2D eigenvalue weighted by Crippen LogP contribution is -2.62. The number of nitrogens with zero attached hydrogens (tertiary/aromatic N) is 1. The van der Waals surface area contributed by atoms with E-state index in [1.807, 2.05) is 0 Å². The molecular formula is C28H55ClN6O2. The molecule has 3 heterocycles. The third-order valence-corrected chi connectivity index (χ3v) is 9.26. The predicted octanol–water partition coefficient (Wildman–Crippen LogP) is 2.53. The summed E-state index contributed by atoms with van der Waals surface area (Å²) in [5, 5.41) is 10.5. The van der Waals surface area contributed by atoms with Crippen LogP contribution >= 0.6 is 11.6 Å². The topological polar surface area (TPSA) is 118 Å². The van der Waals surface area contributed by atoms with Gasteiger partial charge in [0.25, 0.3) is 0 Å². The van der Waals surface area contributed by atoms with E-state index in [0.29, 0.717) is 13.1 Å². The number of ether oxygens (including phenoxy) is 1. The molecule has 0 saturated carbocycles. The van der Waals surface area contributed by atoms with Crippen molar-refractivity contribution >= 4 is 17.5 Å². The molecule has 3 rings (SSSR count). The van der Waals surface area contributed by atoms with Crippen LogP contribution in [0, 0.1) is 11.3 Å². The molecular weight excluding hydrogens is 488 g/mol. The molecule has 0 aromatic rings. The van der Waals surface area contributed by atoms with Gasteiger partial charge >= 0.3 is 0 Å². The number of nitrogens with two attached hydrogens (primary N) is 2. The van der Waals surface area contributed by atoms with Crippen molar-refractivity contribution in [2.45, 2.75) is 120 Å². The van der Waals surface area contributed by atoms with E-state index < -0.39 is 12.1 Å². The highest BCUT2D eigenvalue weighted by molar-refractivity contribution is 6.20. The molecule has 3 aliphatic rings. The van der Waals surface area contributed by atoms with Crippen LogP contribution in [0.2, 0.25) is 0 Å². The van der Waals surface area contributed by atoms with Crippen LogP contribution in [0.4, 0.5) is 0 Å². The van der Waals surface area contributed by atoms with Gasteiger partial charge in [-0.25, -0.2) is 0 Å². The Labute approximate surface area is 230 Å². The molecule has 0 aliphatic carbocycles. The molecule has 8 nitrogen and oxygen atoms in total. The molecule has 9 heteroatoms. The van der Waals surface area contributed by atoms with Crippen LogP contribution in [-0.2, 0) is 9.53 Å². The Morgan fingerprint density at radius 2 is 1.92 bits per heavy atom. The molecule has 216 valence electrons. The number of rotatable bonds is 10. The van der Waals surface area contributed by atoms with E-state index in [0.717, 1.165) is 90.3 Å². The van der Waals surface area contributed by atoms with Gasteiger partial charge in [-0.2, -0.15) is 0 Å². The summed E-state index contributed by atoms with van der Waals surface area (Å²) in [6.45, 7) is 8.86. The van der Waals surface area contributed by atoms with Gasteiger partial charge in [-0.15, -0.1) is 11.6 Å². The summed E-state index contributed by atoms with van der Waals surface area (Å²) >= 11 is 6.67. The molecule has 6 unspecified atom stereocenters. The van der Waals surface area contributed by atoms with Gasteiger partial charge in [0, 0.05) is 31.1 Å². The number of halogens is 1. The maximum atomic E-state index is 13.9. The quantitative estimate of drug-likeness (QED) is 0.213. The first kappa shape index (κ1) is 31.1. The molecule has 0 aromatic heterocycles. The zero-order chi connectivity index (χ0) is 26.8. The number of likely N-dealkylation sites (tertiary alicyclic amines) is 1. The monoisotopic (exact) mass is 542 g/mol. The number of hydrogen-bond acceptors (Lipinski definition) is 7. The molecule has 0 radical (unpaired) electrons. The van der Waals surface area contributed by atoms with Crippen molar-refractivity contribution in [3.8, 4) is 0 Å². The highest BCUT2D eigenvalue weighted by atomic mass is 35.5. The number of carbonyl (C=O) groups excluding carboxylic acids is 1. The predicted molar refractivity (Wildman–Crippen MR) is 153 cm³/mol. The van der Waals surface area contributed by atoms with E-state index in [9.17, 15) is 4.79 Å². The van der Waals surface area contributed by atoms with Crippen LogP contribution in [0.1, 0.15) is 84.5 Å². The Morgan fingerprint density at radius 3 is 2.59 bits per heavy atom. The van der Waals surface area contributed by atoms with Gasteiger partial charge in [0.2, 0.25) is 5.91 Å². The van der Waals surface area contributed by atoms with Gasteiger partial charge in [-0.1, -0.05) is 33.1 Å². The van der Waals surface area contributed by atoms with E-state index in [1.165, 1.54) is 0 Å². The van der Waals surface area contributed by atoms with Crippen LogP contribution < -0.4 is 27.4 Å². The Bertz CT molecular complexity index is 677. The second-order valence-corrected chi connectivity index (χ2v) is 12.7. The van der Waals surface area contributed by atoms with E-state index in [2.05, 4.69) is 41.7 Å². The Balaban J connectivity index is 1.75. The van der Waals surface area contributed by atoms with Crippen LogP contribution in [0.5, 0.6) is 0 Å². The minimum atomic E-state index is -0.754. The summed E-state index contributed by atoms with van der Waals surface area (Å²) in [4.78, 5) is 16.2. The number of carbonyl (C=O) groups is 1. The number of likely N-dealkylation sites (N-methyl/N-ethyl adjacent to an activating group) is 1. The second kappa shape index (κ2) is 15.3. The van der Waals surface area contributed by atoms with Crippen molar-refractivity contribution in [2.75, 3.05) is 39.8 Å². The lowest BCUT2D eigenvalue weighted by atomic mass is 9.69. The van der Waals surface area contributed by atoms with Crippen molar-refractivity contribution in [2.24, 2.45) is 22.8 Å². The molecule has 7 N–H and O–H groups in total. The first-order valence-electron chi connectivity index (χ1n) is 15.0. The Hall–Kier alpha value is -0.480. The fraction of sp³-hybridized carbons (Fsp3) is 0.964. The summed E-state index contributed by atoms with van der Waals surface area (Å²) in [5.41, 5.74) is 12.9. The minimum absolute atomic E-state index is 0.00339. The zero-order valence-electron chi connectivity index (χ0n) is 23.7. The van der Waals surface area contributed by atoms with Gasteiger partial charge in [0.05, 0.1) is 30.3 Å². The van der Waals surface area contributed by atoms with Crippen molar-refractivity contribution in [1.82, 2.24) is 20.9 Å². The smallest absolute Gasteiger partial charge is 0.227 e. The Kier molecular flexibility index (Phi) is 12.9. The van der Waals surface area contributed by atoms with Gasteiger partial charge in [0.15, 0.2) is 0 Å². The highest BCUT2D eigenvalue weighted by Gasteiger charge is 2.41. The van der Waals surface area contributed by atoms with E-state index in [4.69, 9.17) is 27.8 Å². The molecule has 0 spiro atoms. The van der Waals surface area contributed by atoms with Gasteiger partial charge in [0.1, 0.15) is 0 Å². The standard InChI is InChI=1S/C28H55ClN6O2/c1-4-11-28(12-5-2)13-6-8-20(29)17-33-22(16-28)25(26(30)31)27(36)34-23-18-32-14-10-24(23)37-21-9-7-15-35(3)19-21/h20-26,32-33H,4-19,30-31H2,1-3H3,(H,34,36). The summed E-state index contributed by atoms with van der Waals surface area (Å²) < 4.78 is 6.57. The molecule has 37 heavy (non-hydrogen) atoms.